The SMILES string of the molecule is Cc1cc(C2=NN(c3ccccc3)C(=O)/C2=C/c2cc(C)n(C)n2)n(C)n1. The van der Waals surface area contributed by atoms with Gasteiger partial charge in [0.1, 0.15) is 5.71 Å². The molecule has 7 nitrogen and oxygen atoms in total. The van der Waals surface area contributed by atoms with Gasteiger partial charge in [-0.2, -0.15) is 20.3 Å². The number of aromatic nitrogens is 4. The van der Waals surface area contributed by atoms with Gasteiger partial charge in [-0.25, -0.2) is 0 Å². The molecule has 1 aliphatic rings. The quantitative estimate of drug-likeness (QED) is 0.674. The maximum absolute atomic E-state index is 13.2. The summed E-state index contributed by atoms with van der Waals surface area (Å²) in [7, 11) is 3.73. The van der Waals surface area contributed by atoms with E-state index in [1.165, 1.54) is 5.01 Å². The van der Waals surface area contributed by atoms with Crippen molar-refractivity contribution in [1.82, 2.24) is 19.6 Å². The van der Waals surface area contributed by atoms with Gasteiger partial charge in [-0.1, -0.05) is 18.2 Å². The van der Waals surface area contributed by atoms with Gasteiger partial charge in [0.2, 0.25) is 0 Å². The molecule has 136 valence electrons. The molecule has 0 fully saturated rings. The van der Waals surface area contributed by atoms with E-state index in [9.17, 15) is 4.79 Å². The van der Waals surface area contributed by atoms with Crippen LogP contribution in [-0.2, 0) is 18.9 Å². The molecule has 4 rings (SSSR count). The Morgan fingerprint density at radius 3 is 2.30 bits per heavy atom. The van der Waals surface area contributed by atoms with E-state index in [1.54, 1.807) is 15.4 Å². The van der Waals surface area contributed by atoms with E-state index in [0.29, 0.717) is 11.3 Å². The smallest absolute Gasteiger partial charge is 0.272 e. The number of aryl methyl sites for hydroxylation is 4. The van der Waals surface area contributed by atoms with Crippen LogP contribution in [-0.4, -0.2) is 31.2 Å². The maximum atomic E-state index is 13.2. The first-order valence-corrected chi connectivity index (χ1v) is 8.66. The summed E-state index contributed by atoms with van der Waals surface area (Å²) in [6.45, 7) is 3.89. The topological polar surface area (TPSA) is 68.3 Å². The Morgan fingerprint density at radius 1 is 0.963 bits per heavy atom. The number of nitrogens with zero attached hydrogens (tertiary/aromatic N) is 6. The van der Waals surface area contributed by atoms with Crippen LogP contribution in [0.3, 0.4) is 0 Å². The average molecular weight is 360 g/mol. The van der Waals surface area contributed by atoms with Crippen LogP contribution in [0.2, 0.25) is 0 Å². The van der Waals surface area contributed by atoms with E-state index in [1.807, 2.05) is 70.4 Å². The van der Waals surface area contributed by atoms with Gasteiger partial charge in [-0.15, -0.1) is 0 Å². The molecule has 0 saturated heterocycles. The first-order valence-electron chi connectivity index (χ1n) is 8.66. The summed E-state index contributed by atoms with van der Waals surface area (Å²) >= 11 is 0. The molecule has 1 amide bonds. The summed E-state index contributed by atoms with van der Waals surface area (Å²) in [6, 6.07) is 13.3. The van der Waals surface area contributed by atoms with E-state index >= 15 is 0 Å². The number of benzene rings is 1. The Kier molecular flexibility index (Phi) is 3.99. The Balaban J connectivity index is 1.86. The number of hydrazone groups is 1. The van der Waals surface area contributed by atoms with Crippen LogP contribution in [0.25, 0.3) is 6.08 Å². The van der Waals surface area contributed by atoms with Crippen LogP contribution in [0.1, 0.15) is 22.8 Å². The molecular weight excluding hydrogens is 340 g/mol. The standard InChI is InChI=1S/C20H20N6O/c1-13-10-18(25(4)21-13)19-17(12-15-11-14(2)24(3)22-15)20(27)26(23-19)16-8-6-5-7-9-16/h5-12H,1-4H3/b17-12+. The molecular formula is C20H20N6O. The third-order valence-corrected chi connectivity index (χ3v) is 4.55. The van der Waals surface area contributed by atoms with E-state index in [2.05, 4.69) is 15.3 Å². The highest BCUT2D eigenvalue weighted by Crippen LogP contribution is 2.27. The summed E-state index contributed by atoms with van der Waals surface area (Å²) in [6.07, 6.45) is 1.79. The van der Waals surface area contributed by atoms with Crippen molar-refractivity contribution < 1.29 is 4.79 Å². The molecule has 3 aromatic rings. The first kappa shape index (κ1) is 17.0. The second-order valence-corrected chi connectivity index (χ2v) is 6.59. The summed E-state index contributed by atoms with van der Waals surface area (Å²) in [5.74, 6) is -0.182. The largest absolute Gasteiger partial charge is 0.281 e. The van der Waals surface area contributed by atoms with Crippen molar-refractivity contribution in [3.05, 3.63) is 70.8 Å². The highest BCUT2D eigenvalue weighted by Gasteiger charge is 2.33. The number of hydrogen-bond acceptors (Lipinski definition) is 4. The average Bonchev–Trinajstić information content (AvgIpc) is 3.25. The van der Waals surface area contributed by atoms with E-state index in [4.69, 9.17) is 0 Å². The van der Waals surface area contributed by atoms with Gasteiger partial charge in [0.15, 0.2) is 0 Å². The van der Waals surface area contributed by atoms with Crippen LogP contribution in [0.5, 0.6) is 0 Å². The van der Waals surface area contributed by atoms with Crippen LogP contribution in [0.15, 0.2) is 53.1 Å². The third kappa shape index (κ3) is 2.97. The third-order valence-electron chi connectivity index (χ3n) is 4.55. The molecule has 1 aliphatic heterocycles. The second-order valence-electron chi connectivity index (χ2n) is 6.59. The molecule has 0 saturated carbocycles. The molecule has 0 aliphatic carbocycles. The summed E-state index contributed by atoms with van der Waals surface area (Å²) in [4.78, 5) is 13.2. The molecule has 0 unspecified atom stereocenters. The van der Waals surface area contributed by atoms with Crippen molar-refractivity contribution in [2.75, 3.05) is 5.01 Å². The lowest BCUT2D eigenvalue weighted by Crippen LogP contribution is -2.21. The molecule has 0 bridgehead atoms. The van der Waals surface area contributed by atoms with E-state index in [0.717, 1.165) is 28.5 Å². The summed E-state index contributed by atoms with van der Waals surface area (Å²) in [5.41, 5.74) is 5.21. The Bertz CT molecular complexity index is 1070. The van der Waals surface area contributed by atoms with Crippen LogP contribution < -0.4 is 5.01 Å². The zero-order valence-electron chi connectivity index (χ0n) is 15.7. The van der Waals surface area contributed by atoms with Gasteiger partial charge in [0.05, 0.1) is 28.3 Å². The minimum absolute atomic E-state index is 0.182. The minimum Gasteiger partial charge on any atom is -0.272 e. The predicted octanol–water partition coefficient (Wildman–Crippen LogP) is 2.60. The normalized spacial score (nSPS) is 15.7. The highest BCUT2D eigenvalue weighted by atomic mass is 16.2. The lowest BCUT2D eigenvalue weighted by molar-refractivity contribution is -0.114. The monoisotopic (exact) mass is 360 g/mol. The molecule has 3 heterocycles. The van der Waals surface area contributed by atoms with E-state index < -0.39 is 0 Å². The first-order chi connectivity index (χ1) is 12.9. The molecule has 2 aromatic heterocycles. The molecule has 7 heteroatoms. The Morgan fingerprint density at radius 2 is 1.70 bits per heavy atom. The van der Waals surface area contributed by atoms with E-state index in [-0.39, 0.29) is 5.91 Å². The zero-order valence-corrected chi connectivity index (χ0v) is 15.7. The number of rotatable bonds is 3. The molecule has 1 aromatic carbocycles. The van der Waals surface area contributed by atoms with Crippen molar-refractivity contribution in [2.24, 2.45) is 19.2 Å². The number of para-hydroxylation sites is 1. The van der Waals surface area contributed by atoms with Gasteiger partial charge in [0.25, 0.3) is 5.91 Å². The molecule has 0 spiro atoms. The zero-order chi connectivity index (χ0) is 19.1. The van der Waals surface area contributed by atoms with Crippen molar-refractivity contribution in [3.8, 4) is 0 Å². The van der Waals surface area contributed by atoms with Gasteiger partial charge >= 0.3 is 0 Å². The fourth-order valence-corrected chi connectivity index (χ4v) is 3.12. The fourth-order valence-electron chi connectivity index (χ4n) is 3.12. The van der Waals surface area contributed by atoms with Crippen LogP contribution in [0, 0.1) is 13.8 Å². The summed E-state index contributed by atoms with van der Waals surface area (Å²) in [5, 5.41) is 14.9. The van der Waals surface area contributed by atoms with Crippen molar-refractivity contribution in [2.45, 2.75) is 13.8 Å². The van der Waals surface area contributed by atoms with Gasteiger partial charge in [-0.05, 0) is 44.2 Å². The van der Waals surface area contributed by atoms with Crippen molar-refractivity contribution in [1.29, 1.82) is 0 Å². The minimum atomic E-state index is -0.182. The lowest BCUT2D eigenvalue weighted by atomic mass is 10.1. The number of carbonyl (C=O) groups is 1. The van der Waals surface area contributed by atoms with Gasteiger partial charge in [0, 0.05) is 19.8 Å². The molecule has 0 radical (unpaired) electrons. The van der Waals surface area contributed by atoms with Crippen LogP contribution >= 0.6 is 0 Å². The van der Waals surface area contributed by atoms with Crippen molar-refractivity contribution >= 4 is 23.4 Å². The Labute approximate surface area is 157 Å². The lowest BCUT2D eigenvalue weighted by Gasteiger charge is -2.10. The molecule has 0 N–H and O–H groups in total. The second kappa shape index (κ2) is 6.35. The fraction of sp³-hybridized carbons (Fsp3) is 0.200. The number of hydrogen-bond donors (Lipinski definition) is 0. The molecule has 0 atom stereocenters. The van der Waals surface area contributed by atoms with Gasteiger partial charge in [-0.3, -0.25) is 14.2 Å². The number of carbonyl (C=O) groups excluding carboxylic acids is 1. The van der Waals surface area contributed by atoms with Crippen molar-refractivity contribution in [3.63, 3.8) is 0 Å². The number of amides is 1. The van der Waals surface area contributed by atoms with Crippen LogP contribution in [0.4, 0.5) is 5.69 Å². The highest BCUT2D eigenvalue weighted by molar-refractivity contribution is 6.37. The molecule has 27 heavy (non-hydrogen) atoms. The summed E-state index contributed by atoms with van der Waals surface area (Å²) < 4.78 is 3.53. The Hall–Kier alpha value is -3.48. The predicted molar refractivity (Wildman–Crippen MR) is 104 cm³/mol. The maximum Gasteiger partial charge on any atom is 0.281 e. The number of anilines is 1. The van der Waals surface area contributed by atoms with Gasteiger partial charge < -0.3 is 0 Å².